The van der Waals surface area contributed by atoms with Gasteiger partial charge in [-0.1, -0.05) is 72.3 Å². The number of likely N-dealkylation sites (N-methyl/N-ethyl adjacent to an activating group) is 1. The summed E-state index contributed by atoms with van der Waals surface area (Å²) in [5, 5.41) is 2.73. The first-order valence-corrected chi connectivity index (χ1v) is 11.2. The normalized spacial score (nSPS) is 11.5. The van der Waals surface area contributed by atoms with E-state index >= 15 is 0 Å². The molecule has 0 spiro atoms. The zero-order valence-corrected chi connectivity index (χ0v) is 19.8. The molecule has 0 saturated carbocycles. The Morgan fingerprint density at radius 3 is 2.27 bits per heavy atom. The maximum Gasteiger partial charge on any atom is 0.261 e. The SMILES string of the molecule is CNC(=O)[C@@H](Cc1ccccc1)N(Cc1cccc(C)c1)C(=O)COc1cc(C)ccc1C. The van der Waals surface area contributed by atoms with Crippen LogP contribution >= 0.6 is 0 Å². The molecule has 0 heterocycles. The zero-order valence-electron chi connectivity index (χ0n) is 19.8. The van der Waals surface area contributed by atoms with Crippen LogP contribution in [0.5, 0.6) is 5.75 Å². The Morgan fingerprint density at radius 1 is 0.879 bits per heavy atom. The third-order valence-electron chi connectivity index (χ3n) is 5.65. The molecule has 0 aliphatic rings. The van der Waals surface area contributed by atoms with Crippen molar-refractivity contribution in [3.8, 4) is 5.75 Å². The first-order chi connectivity index (χ1) is 15.9. The van der Waals surface area contributed by atoms with Crippen LogP contribution in [0.4, 0.5) is 0 Å². The van der Waals surface area contributed by atoms with Gasteiger partial charge in [0.1, 0.15) is 11.8 Å². The number of aryl methyl sites for hydroxylation is 3. The fourth-order valence-electron chi connectivity index (χ4n) is 3.81. The minimum Gasteiger partial charge on any atom is -0.483 e. The van der Waals surface area contributed by atoms with Crippen molar-refractivity contribution in [1.82, 2.24) is 10.2 Å². The summed E-state index contributed by atoms with van der Waals surface area (Å²) < 4.78 is 5.91. The number of carbonyl (C=O) groups excluding carboxylic acids is 2. The van der Waals surface area contributed by atoms with Gasteiger partial charge >= 0.3 is 0 Å². The Labute approximate surface area is 196 Å². The maximum absolute atomic E-state index is 13.5. The van der Waals surface area contributed by atoms with Crippen molar-refractivity contribution in [3.63, 3.8) is 0 Å². The van der Waals surface area contributed by atoms with E-state index in [-0.39, 0.29) is 18.4 Å². The van der Waals surface area contributed by atoms with Crippen molar-refractivity contribution in [3.05, 3.63) is 101 Å². The molecule has 3 aromatic rings. The largest absolute Gasteiger partial charge is 0.483 e. The highest BCUT2D eigenvalue weighted by atomic mass is 16.5. The van der Waals surface area contributed by atoms with E-state index in [9.17, 15) is 9.59 Å². The minimum atomic E-state index is -0.660. The molecule has 1 N–H and O–H groups in total. The van der Waals surface area contributed by atoms with Crippen molar-refractivity contribution < 1.29 is 14.3 Å². The van der Waals surface area contributed by atoms with Crippen molar-refractivity contribution >= 4 is 11.8 Å². The highest BCUT2D eigenvalue weighted by molar-refractivity contribution is 5.88. The van der Waals surface area contributed by atoms with Gasteiger partial charge in [-0.25, -0.2) is 0 Å². The Kier molecular flexibility index (Phi) is 8.25. The third kappa shape index (κ3) is 6.69. The fraction of sp³-hybridized carbons (Fsp3) is 0.286. The number of amides is 2. The topological polar surface area (TPSA) is 58.6 Å². The zero-order chi connectivity index (χ0) is 23.8. The van der Waals surface area contributed by atoms with Gasteiger partial charge in [-0.2, -0.15) is 0 Å². The molecule has 0 radical (unpaired) electrons. The van der Waals surface area contributed by atoms with E-state index in [2.05, 4.69) is 5.32 Å². The Hall–Kier alpha value is -3.60. The number of nitrogens with zero attached hydrogens (tertiary/aromatic N) is 1. The van der Waals surface area contributed by atoms with Crippen LogP contribution in [0.1, 0.15) is 27.8 Å². The van der Waals surface area contributed by atoms with Crippen LogP contribution in [0.25, 0.3) is 0 Å². The smallest absolute Gasteiger partial charge is 0.261 e. The van der Waals surface area contributed by atoms with Crippen molar-refractivity contribution in [2.75, 3.05) is 13.7 Å². The Bertz CT molecular complexity index is 1100. The van der Waals surface area contributed by atoms with Gasteiger partial charge in [0.15, 0.2) is 6.61 Å². The van der Waals surface area contributed by atoms with E-state index in [0.29, 0.717) is 18.7 Å². The molecule has 1 atom stereocenters. The standard InChI is InChI=1S/C28H32N2O3/c1-20-9-8-12-24(15-20)18-30(25(28(32)29-4)17-23-10-6-5-7-11-23)27(31)19-33-26-16-21(2)13-14-22(26)3/h5-16,25H,17-19H2,1-4H3,(H,29,32)/t25-/m1/s1. The lowest BCUT2D eigenvalue weighted by molar-refractivity contribution is -0.142. The van der Waals surface area contributed by atoms with E-state index in [1.54, 1.807) is 11.9 Å². The predicted molar refractivity (Wildman–Crippen MR) is 131 cm³/mol. The summed E-state index contributed by atoms with van der Waals surface area (Å²) in [6, 6.07) is 23.0. The summed E-state index contributed by atoms with van der Waals surface area (Å²) >= 11 is 0. The third-order valence-corrected chi connectivity index (χ3v) is 5.65. The average molecular weight is 445 g/mol. The predicted octanol–water partition coefficient (Wildman–Crippen LogP) is 4.38. The highest BCUT2D eigenvalue weighted by Gasteiger charge is 2.30. The number of benzene rings is 3. The van der Waals surface area contributed by atoms with Gasteiger partial charge in [-0.05, 0) is 49.1 Å². The molecule has 0 bridgehead atoms. The number of carbonyl (C=O) groups is 2. The number of hydrogen-bond donors (Lipinski definition) is 1. The summed E-state index contributed by atoms with van der Waals surface area (Å²) in [5.74, 6) is 0.243. The summed E-state index contributed by atoms with van der Waals surface area (Å²) in [7, 11) is 1.60. The number of nitrogens with one attached hydrogen (secondary N) is 1. The summed E-state index contributed by atoms with van der Waals surface area (Å²) in [4.78, 5) is 28.1. The number of rotatable bonds is 9. The molecule has 0 aromatic heterocycles. The first-order valence-electron chi connectivity index (χ1n) is 11.2. The molecule has 33 heavy (non-hydrogen) atoms. The van der Waals surface area contributed by atoms with Crippen LogP contribution in [0, 0.1) is 20.8 Å². The number of hydrogen-bond acceptors (Lipinski definition) is 3. The van der Waals surface area contributed by atoms with Gasteiger partial charge in [-0.15, -0.1) is 0 Å². The van der Waals surface area contributed by atoms with Gasteiger partial charge in [0.05, 0.1) is 0 Å². The van der Waals surface area contributed by atoms with Crippen LogP contribution < -0.4 is 10.1 Å². The molecule has 3 aromatic carbocycles. The summed E-state index contributed by atoms with van der Waals surface area (Å²) in [6.45, 7) is 6.13. The lowest BCUT2D eigenvalue weighted by atomic mass is 10.0. The molecule has 0 unspecified atom stereocenters. The van der Waals surface area contributed by atoms with Crippen LogP contribution in [-0.4, -0.2) is 36.4 Å². The van der Waals surface area contributed by atoms with Crippen LogP contribution in [-0.2, 0) is 22.6 Å². The molecule has 0 aliphatic carbocycles. The van der Waals surface area contributed by atoms with E-state index in [1.165, 1.54) is 0 Å². The molecule has 0 aliphatic heterocycles. The summed E-state index contributed by atoms with van der Waals surface area (Å²) in [5.41, 5.74) is 5.09. The molecule has 5 nitrogen and oxygen atoms in total. The second-order valence-corrected chi connectivity index (χ2v) is 8.39. The Balaban J connectivity index is 1.89. The minimum absolute atomic E-state index is 0.140. The van der Waals surface area contributed by atoms with Gasteiger partial charge in [-0.3, -0.25) is 9.59 Å². The van der Waals surface area contributed by atoms with E-state index in [1.807, 2.05) is 93.6 Å². The first kappa shape index (κ1) is 24.1. The molecule has 172 valence electrons. The van der Waals surface area contributed by atoms with Gasteiger partial charge < -0.3 is 15.0 Å². The second-order valence-electron chi connectivity index (χ2n) is 8.39. The lowest BCUT2D eigenvalue weighted by Gasteiger charge is -2.31. The quantitative estimate of drug-likeness (QED) is 0.533. The molecule has 0 fully saturated rings. The van der Waals surface area contributed by atoms with Gasteiger partial charge in [0.2, 0.25) is 5.91 Å². The number of ether oxygens (including phenoxy) is 1. The van der Waals surface area contributed by atoms with E-state index in [0.717, 1.165) is 27.8 Å². The second kappa shape index (κ2) is 11.3. The van der Waals surface area contributed by atoms with Gasteiger partial charge in [0, 0.05) is 20.0 Å². The molecular weight excluding hydrogens is 412 g/mol. The average Bonchev–Trinajstić information content (AvgIpc) is 2.82. The van der Waals surface area contributed by atoms with Crippen molar-refractivity contribution in [1.29, 1.82) is 0 Å². The molecular formula is C28H32N2O3. The van der Waals surface area contributed by atoms with Crippen LogP contribution in [0.15, 0.2) is 72.8 Å². The van der Waals surface area contributed by atoms with Crippen LogP contribution in [0.3, 0.4) is 0 Å². The van der Waals surface area contributed by atoms with Gasteiger partial charge in [0.25, 0.3) is 5.91 Å². The maximum atomic E-state index is 13.5. The molecule has 3 rings (SSSR count). The highest BCUT2D eigenvalue weighted by Crippen LogP contribution is 2.20. The molecule has 5 heteroatoms. The summed E-state index contributed by atoms with van der Waals surface area (Å²) in [6.07, 6.45) is 0.418. The van der Waals surface area contributed by atoms with Crippen molar-refractivity contribution in [2.45, 2.75) is 39.8 Å². The molecule has 2 amide bonds. The molecule has 0 saturated heterocycles. The lowest BCUT2D eigenvalue weighted by Crippen LogP contribution is -2.51. The Morgan fingerprint density at radius 2 is 1.58 bits per heavy atom. The van der Waals surface area contributed by atoms with E-state index < -0.39 is 6.04 Å². The van der Waals surface area contributed by atoms with Crippen LogP contribution in [0.2, 0.25) is 0 Å². The van der Waals surface area contributed by atoms with Crippen molar-refractivity contribution in [2.24, 2.45) is 0 Å². The fourth-order valence-corrected chi connectivity index (χ4v) is 3.81. The monoisotopic (exact) mass is 444 g/mol. The van der Waals surface area contributed by atoms with E-state index in [4.69, 9.17) is 4.74 Å².